The van der Waals surface area contributed by atoms with Gasteiger partial charge >= 0.3 is 6.03 Å². The summed E-state index contributed by atoms with van der Waals surface area (Å²) in [5.41, 5.74) is 3.12. The Hall–Kier alpha value is -3.68. The summed E-state index contributed by atoms with van der Waals surface area (Å²) in [6, 6.07) is 17.0. The quantitative estimate of drug-likeness (QED) is 0.673. The van der Waals surface area contributed by atoms with Crippen molar-refractivity contribution in [1.82, 2.24) is 24.6 Å². The third-order valence-corrected chi connectivity index (χ3v) is 5.89. The van der Waals surface area contributed by atoms with Gasteiger partial charge in [0.25, 0.3) is 5.91 Å². The number of benzene rings is 2. The molecule has 3 heterocycles. The summed E-state index contributed by atoms with van der Waals surface area (Å²) < 4.78 is 1.91. The highest BCUT2D eigenvalue weighted by Gasteiger charge is 2.54. The van der Waals surface area contributed by atoms with Gasteiger partial charge in [0.15, 0.2) is 11.9 Å². The highest BCUT2D eigenvalue weighted by Crippen LogP contribution is 2.42. The Morgan fingerprint density at radius 2 is 1.63 bits per heavy atom. The van der Waals surface area contributed by atoms with E-state index in [0.29, 0.717) is 18.3 Å². The SMILES string of the molecule is Cc1ccc(CN2c3nnc(-c4ccccc4)n3C3C2C(=O)N(C)C(=O)N3C)cc1. The van der Waals surface area contributed by atoms with Crippen LogP contribution in [-0.2, 0) is 11.3 Å². The van der Waals surface area contributed by atoms with Crippen molar-refractivity contribution >= 4 is 17.9 Å². The molecule has 5 rings (SSSR count). The number of carbonyl (C=O) groups is 2. The molecule has 1 aromatic heterocycles. The molecule has 2 aliphatic rings. The number of nitrogens with zero attached hydrogens (tertiary/aromatic N) is 6. The smallest absolute Gasteiger partial charge is 0.321 e. The molecule has 2 aromatic carbocycles. The normalized spacial score (nSPS) is 20.6. The minimum atomic E-state index is -0.563. The van der Waals surface area contributed by atoms with Gasteiger partial charge in [0, 0.05) is 26.2 Å². The number of fused-ring (bicyclic) bond motifs is 3. The van der Waals surface area contributed by atoms with E-state index >= 15 is 0 Å². The molecule has 0 bridgehead atoms. The number of hydrogen-bond donors (Lipinski definition) is 0. The maximum absolute atomic E-state index is 13.2. The fourth-order valence-corrected chi connectivity index (χ4v) is 4.28. The van der Waals surface area contributed by atoms with Crippen LogP contribution in [0.1, 0.15) is 17.3 Å². The van der Waals surface area contributed by atoms with Crippen molar-refractivity contribution in [1.29, 1.82) is 0 Å². The first kappa shape index (κ1) is 18.4. The van der Waals surface area contributed by atoms with Crippen molar-refractivity contribution in [2.75, 3.05) is 19.0 Å². The van der Waals surface area contributed by atoms with Crippen LogP contribution in [0.5, 0.6) is 0 Å². The van der Waals surface area contributed by atoms with Crippen LogP contribution in [0.4, 0.5) is 10.7 Å². The van der Waals surface area contributed by atoms with Gasteiger partial charge in [-0.15, -0.1) is 10.2 Å². The Kier molecular flexibility index (Phi) is 4.09. The third-order valence-electron chi connectivity index (χ3n) is 5.89. The molecular weight excluding hydrogens is 380 g/mol. The average Bonchev–Trinajstić information content (AvgIpc) is 3.32. The van der Waals surface area contributed by atoms with Gasteiger partial charge in [0.2, 0.25) is 5.95 Å². The number of urea groups is 1. The standard InChI is InChI=1S/C22H22N6O2/c1-14-9-11-15(12-10-14)13-27-17-19(25(2)22(30)26(3)20(17)29)28-18(23-24-21(27)28)16-7-5-4-6-8-16/h4-12,17,19H,13H2,1-3H3. The van der Waals surface area contributed by atoms with E-state index in [9.17, 15) is 9.59 Å². The lowest BCUT2D eigenvalue weighted by Crippen LogP contribution is -2.61. The van der Waals surface area contributed by atoms with Gasteiger partial charge < -0.3 is 9.80 Å². The number of likely N-dealkylation sites (N-methyl/N-ethyl adjacent to an activating group) is 2. The molecule has 30 heavy (non-hydrogen) atoms. The van der Waals surface area contributed by atoms with Gasteiger partial charge in [0.1, 0.15) is 6.17 Å². The van der Waals surface area contributed by atoms with E-state index in [2.05, 4.69) is 10.2 Å². The van der Waals surface area contributed by atoms with E-state index in [1.165, 1.54) is 17.5 Å². The second kappa shape index (κ2) is 6.69. The van der Waals surface area contributed by atoms with Crippen LogP contribution in [0.3, 0.4) is 0 Å². The number of anilines is 1. The van der Waals surface area contributed by atoms with E-state index < -0.39 is 12.2 Å². The fraction of sp³-hybridized carbons (Fsp3) is 0.273. The lowest BCUT2D eigenvalue weighted by atomic mass is 10.1. The number of aryl methyl sites for hydroxylation is 1. The van der Waals surface area contributed by atoms with Crippen molar-refractivity contribution in [3.8, 4) is 11.4 Å². The summed E-state index contributed by atoms with van der Waals surface area (Å²) in [6.07, 6.45) is -0.508. The van der Waals surface area contributed by atoms with Crippen LogP contribution in [0.25, 0.3) is 11.4 Å². The van der Waals surface area contributed by atoms with Gasteiger partial charge in [-0.25, -0.2) is 4.79 Å². The minimum Gasteiger partial charge on any atom is -0.321 e. The molecule has 152 valence electrons. The Morgan fingerprint density at radius 1 is 0.933 bits per heavy atom. The molecule has 1 saturated heterocycles. The summed E-state index contributed by atoms with van der Waals surface area (Å²) >= 11 is 0. The zero-order valence-electron chi connectivity index (χ0n) is 17.1. The van der Waals surface area contributed by atoms with Gasteiger partial charge in [0.05, 0.1) is 0 Å². The molecule has 3 amide bonds. The number of hydrogen-bond acceptors (Lipinski definition) is 5. The minimum absolute atomic E-state index is 0.236. The zero-order valence-corrected chi connectivity index (χ0v) is 17.1. The van der Waals surface area contributed by atoms with Crippen LogP contribution in [-0.4, -0.2) is 56.6 Å². The van der Waals surface area contributed by atoms with Crippen LogP contribution in [0.2, 0.25) is 0 Å². The zero-order chi connectivity index (χ0) is 21.0. The van der Waals surface area contributed by atoms with Crippen molar-refractivity contribution in [2.45, 2.75) is 25.7 Å². The predicted molar refractivity (Wildman–Crippen MR) is 112 cm³/mol. The molecule has 2 aliphatic heterocycles. The highest BCUT2D eigenvalue weighted by molar-refractivity contribution is 6.02. The molecule has 8 nitrogen and oxygen atoms in total. The van der Waals surface area contributed by atoms with Crippen LogP contribution in [0.15, 0.2) is 54.6 Å². The summed E-state index contributed by atoms with van der Waals surface area (Å²) in [6.45, 7) is 2.54. The Balaban J connectivity index is 1.65. The van der Waals surface area contributed by atoms with Crippen LogP contribution < -0.4 is 4.90 Å². The summed E-state index contributed by atoms with van der Waals surface area (Å²) in [4.78, 5) is 30.7. The lowest BCUT2D eigenvalue weighted by molar-refractivity contribution is -0.133. The van der Waals surface area contributed by atoms with E-state index in [1.54, 1.807) is 11.9 Å². The van der Waals surface area contributed by atoms with E-state index in [-0.39, 0.29) is 11.9 Å². The van der Waals surface area contributed by atoms with Gasteiger partial charge in [-0.1, -0.05) is 60.2 Å². The molecule has 2 unspecified atom stereocenters. The number of rotatable bonds is 3. The average molecular weight is 402 g/mol. The molecule has 0 aliphatic carbocycles. The molecular formula is C22H22N6O2. The number of aromatic nitrogens is 3. The predicted octanol–water partition coefficient (Wildman–Crippen LogP) is 2.66. The molecule has 0 N–H and O–H groups in total. The topological polar surface area (TPSA) is 74.6 Å². The van der Waals surface area contributed by atoms with Gasteiger partial charge in [-0.3, -0.25) is 14.3 Å². The molecule has 3 aromatic rings. The number of imide groups is 1. The largest absolute Gasteiger partial charge is 0.327 e. The maximum atomic E-state index is 13.2. The van der Waals surface area contributed by atoms with Crippen LogP contribution >= 0.6 is 0 Å². The maximum Gasteiger partial charge on any atom is 0.327 e. The summed E-state index contributed by atoms with van der Waals surface area (Å²) in [5.74, 6) is 0.997. The number of carbonyl (C=O) groups excluding carboxylic acids is 2. The number of amides is 3. The first-order valence-electron chi connectivity index (χ1n) is 9.84. The Labute approximate surface area is 174 Å². The van der Waals surface area contributed by atoms with E-state index in [4.69, 9.17) is 0 Å². The van der Waals surface area contributed by atoms with Crippen molar-refractivity contribution in [2.24, 2.45) is 0 Å². The lowest BCUT2D eigenvalue weighted by Gasteiger charge is -2.40. The third kappa shape index (κ3) is 2.60. The monoisotopic (exact) mass is 402 g/mol. The molecule has 0 saturated carbocycles. The first-order chi connectivity index (χ1) is 14.5. The fourth-order valence-electron chi connectivity index (χ4n) is 4.28. The van der Waals surface area contributed by atoms with Crippen molar-refractivity contribution in [3.05, 3.63) is 65.7 Å². The van der Waals surface area contributed by atoms with E-state index in [0.717, 1.165) is 11.1 Å². The molecule has 2 atom stereocenters. The first-order valence-corrected chi connectivity index (χ1v) is 9.84. The van der Waals surface area contributed by atoms with Crippen molar-refractivity contribution in [3.63, 3.8) is 0 Å². The summed E-state index contributed by atoms with van der Waals surface area (Å²) in [7, 11) is 3.25. The molecule has 1 fully saturated rings. The Morgan fingerprint density at radius 3 is 2.33 bits per heavy atom. The second-order valence-electron chi connectivity index (χ2n) is 7.82. The molecule has 8 heteroatoms. The van der Waals surface area contributed by atoms with Gasteiger partial charge in [-0.05, 0) is 12.5 Å². The van der Waals surface area contributed by atoms with Crippen LogP contribution in [0, 0.1) is 6.92 Å². The van der Waals surface area contributed by atoms with Crippen molar-refractivity contribution < 1.29 is 9.59 Å². The molecule has 0 spiro atoms. The van der Waals surface area contributed by atoms with E-state index in [1.807, 2.05) is 71.0 Å². The highest BCUT2D eigenvalue weighted by atomic mass is 16.2. The van der Waals surface area contributed by atoms with Gasteiger partial charge in [-0.2, -0.15) is 0 Å². The molecule has 0 radical (unpaired) electrons. The second-order valence-corrected chi connectivity index (χ2v) is 7.82. The Bertz CT molecular complexity index is 1120. The summed E-state index contributed by atoms with van der Waals surface area (Å²) in [5, 5.41) is 8.86.